The summed E-state index contributed by atoms with van der Waals surface area (Å²) >= 11 is 0. The summed E-state index contributed by atoms with van der Waals surface area (Å²) < 4.78 is 0. The highest BCUT2D eigenvalue weighted by atomic mass is 16.1. The second kappa shape index (κ2) is 7.04. The molecule has 0 radical (unpaired) electrons. The van der Waals surface area contributed by atoms with Crippen LogP contribution >= 0.6 is 0 Å². The highest BCUT2D eigenvalue weighted by Crippen LogP contribution is 2.14. The number of nitrogens with one attached hydrogen (secondary N) is 1. The van der Waals surface area contributed by atoms with Gasteiger partial charge in [0, 0.05) is 12.1 Å². The minimum atomic E-state index is -0.0330. The summed E-state index contributed by atoms with van der Waals surface area (Å²) in [6.07, 6.45) is 0. The van der Waals surface area contributed by atoms with Gasteiger partial charge in [-0.25, -0.2) is 0 Å². The van der Waals surface area contributed by atoms with Crippen LogP contribution in [0.3, 0.4) is 0 Å². The summed E-state index contributed by atoms with van der Waals surface area (Å²) in [4.78, 5) is 14.5. The Hall–Kier alpha value is -2.13. The maximum absolute atomic E-state index is 12.4. The summed E-state index contributed by atoms with van der Waals surface area (Å²) in [5, 5.41) is 3.13. The molecule has 0 bridgehead atoms. The van der Waals surface area contributed by atoms with Gasteiger partial charge in [0.2, 0.25) is 0 Å². The number of likely N-dealkylation sites (N-methyl/N-ethyl adjacent to an activating group) is 1. The molecule has 110 valence electrons. The van der Waals surface area contributed by atoms with Gasteiger partial charge < -0.3 is 10.2 Å². The molecule has 0 aliphatic heterocycles. The Labute approximate surface area is 126 Å². The standard InChI is InChI=1S/C18H22N2O/c1-14-8-7-11-16(12-14)18(21)19-17(13-20(2)3)15-9-5-4-6-10-15/h4-12,17H,13H2,1-3H3,(H,19,21). The fraction of sp³-hybridized carbons (Fsp3) is 0.278. The molecule has 2 rings (SSSR count). The number of carbonyl (C=O) groups is 1. The van der Waals surface area contributed by atoms with Gasteiger partial charge in [-0.15, -0.1) is 0 Å². The monoisotopic (exact) mass is 282 g/mol. The third kappa shape index (κ3) is 4.43. The third-order valence-electron chi connectivity index (χ3n) is 3.34. The fourth-order valence-electron chi connectivity index (χ4n) is 2.31. The lowest BCUT2D eigenvalue weighted by Gasteiger charge is -2.23. The van der Waals surface area contributed by atoms with Crippen molar-refractivity contribution in [2.45, 2.75) is 13.0 Å². The van der Waals surface area contributed by atoms with Gasteiger partial charge in [0.1, 0.15) is 0 Å². The van der Waals surface area contributed by atoms with E-state index in [-0.39, 0.29) is 11.9 Å². The number of amides is 1. The molecule has 0 fully saturated rings. The minimum Gasteiger partial charge on any atom is -0.344 e. The molecular formula is C18H22N2O. The summed E-state index contributed by atoms with van der Waals surface area (Å²) in [6.45, 7) is 2.76. The maximum atomic E-state index is 12.4. The largest absolute Gasteiger partial charge is 0.344 e. The zero-order valence-corrected chi connectivity index (χ0v) is 12.8. The van der Waals surface area contributed by atoms with Crippen LogP contribution in [0, 0.1) is 6.92 Å². The highest BCUT2D eigenvalue weighted by Gasteiger charge is 2.16. The zero-order chi connectivity index (χ0) is 15.2. The van der Waals surface area contributed by atoms with Crippen molar-refractivity contribution < 1.29 is 4.79 Å². The van der Waals surface area contributed by atoms with Crippen molar-refractivity contribution in [1.29, 1.82) is 0 Å². The smallest absolute Gasteiger partial charge is 0.251 e. The number of hydrogen-bond donors (Lipinski definition) is 1. The predicted molar refractivity (Wildman–Crippen MR) is 86.4 cm³/mol. The molecule has 0 aromatic heterocycles. The van der Waals surface area contributed by atoms with Crippen LogP contribution in [0.1, 0.15) is 27.5 Å². The first-order chi connectivity index (χ1) is 10.1. The van der Waals surface area contributed by atoms with Crippen LogP contribution in [0.15, 0.2) is 54.6 Å². The highest BCUT2D eigenvalue weighted by molar-refractivity contribution is 5.94. The maximum Gasteiger partial charge on any atom is 0.251 e. The van der Waals surface area contributed by atoms with Crippen LogP contribution in [0.25, 0.3) is 0 Å². The van der Waals surface area contributed by atoms with Gasteiger partial charge >= 0.3 is 0 Å². The first-order valence-electron chi connectivity index (χ1n) is 7.13. The molecule has 0 heterocycles. The normalized spacial score (nSPS) is 12.2. The molecule has 1 amide bonds. The Kier molecular flexibility index (Phi) is 5.12. The van der Waals surface area contributed by atoms with E-state index in [4.69, 9.17) is 0 Å². The van der Waals surface area contributed by atoms with E-state index >= 15 is 0 Å². The Morgan fingerprint density at radius 1 is 1.10 bits per heavy atom. The Morgan fingerprint density at radius 2 is 1.81 bits per heavy atom. The van der Waals surface area contributed by atoms with E-state index in [0.717, 1.165) is 17.7 Å². The molecule has 1 N–H and O–H groups in total. The lowest BCUT2D eigenvalue weighted by atomic mass is 10.1. The lowest BCUT2D eigenvalue weighted by Crippen LogP contribution is -2.35. The molecule has 0 aliphatic rings. The van der Waals surface area contributed by atoms with E-state index in [1.165, 1.54) is 0 Å². The average Bonchev–Trinajstić information content (AvgIpc) is 2.47. The first-order valence-corrected chi connectivity index (χ1v) is 7.13. The molecule has 0 aliphatic carbocycles. The van der Waals surface area contributed by atoms with Crippen molar-refractivity contribution in [3.63, 3.8) is 0 Å². The van der Waals surface area contributed by atoms with Gasteiger partial charge in [0.05, 0.1) is 6.04 Å². The summed E-state index contributed by atoms with van der Waals surface area (Å²) in [6, 6.07) is 17.7. The van der Waals surface area contributed by atoms with Crippen molar-refractivity contribution in [2.75, 3.05) is 20.6 Å². The van der Waals surface area contributed by atoms with Crippen LogP contribution in [0.5, 0.6) is 0 Å². The number of benzene rings is 2. The van der Waals surface area contributed by atoms with Crippen molar-refractivity contribution in [2.24, 2.45) is 0 Å². The van der Waals surface area contributed by atoms with E-state index in [9.17, 15) is 4.79 Å². The van der Waals surface area contributed by atoms with E-state index < -0.39 is 0 Å². The van der Waals surface area contributed by atoms with Crippen molar-refractivity contribution in [3.8, 4) is 0 Å². The van der Waals surface area contributed by atoms with Gasteiger partial charge in [0.15, 0.2) is 0 Å². The van der Waals surface area contributed by atoms with Crippen molar-refractivity contribution >= 4 is 5.91 Å². The number of aryl methyl sites for hydroxylation is 1. The average molecular weight is 282 g/mol. The Balaban J connectivity index is 2.17. The van der Waals surface area contributed by atoms with E-state index in [1.54, 1.807) is 0 Å². The second-order valence-electron chi connectivity index (χ2n) is 5.57. The van der Waals surface area contributed by atoms with E-state index in [1.807, 2.05) is 75.6 Å². The molecule has 2 aromatic carbocycles. The predicted octanol–water partition coefficient (Wildman–Crippen LogP) is 3.03. The molecule has 3 heteroatoms. The molecule has 21 heavy (non-hydrogen) atoms. The summed E-state index contributed by atoms with van der Waals surface area (Å²) in [5.41, 5.74) is 2.91. The van der Waals surface area contributed by atoms with Gasteiger partial charge in [-0.1, -0.05) is 48.0 Å². The van der Waals surface area contributed by atoms with E-state index in [0.29, 0.717) is 5.56 Å². The summed E-state index contributed by atoms with van der Waals surface area (Å²) in [5.74, 6) is -0.0330. The molecule has 1 unspecified atom stereocenters. The molecule has 1 atom stereocenters. The minimum absolute atomic E-state index is 0.0192. The van der Waals surface area contributed by atoms with Crippen molar-refractivity contribution in [1.82, 2.24) is 10.2 Å². The molecule has 0 spiro atoms. The van der Waals surface area contributed by atoms with Crippen LogP contribution < -0.4 is 5.32 Å². The Morgan fingerprint density at radius 3 is 2.43 bits per heavy atom. The van der Waals surface area contributed by atoms with Crippen LogP contribution in [0.4, 0.5) is 0 Å². The summed E-state index contributed by atoms with van der Waals surface area (Å²) in [7, 11) is 4.02. The molecule has 0 saturated carbocycles. The molecular weight excluding hydrogens is 260 g/mol. The van der Waals surface area contributed by atoms with Crippen molar-refractivity contribution in [3.05, 3.63) is 71.3 Å². The lowest BCUT2D eigenvalue weighted by molar-refractivity contribution is 0.0930. The van der Waals surface area contributed by atoms with Crippen LogP contribution in [-0.2, 0) is 0 Å². The third-order valence-corrected chi connectivity index (χ3v) is 3.34. The quantitative estimate of drug-likeness (QED) is 0.914. The van der Waals surface area contributed by atoms with E-state index in [2.05, 4.69) is 10.2 Å². The first kappa shape index (κ1) is 15.3. The number of nitrogens with zero attached hydrogens (tertiary/aromatic N) is 1. The van der Waals surface area contributed by atoms with Crippen LogP contribution in [-0.4, -0.2) is 31.4 Å². The number of carbonyl (C=O) groups excluding carboxylic acids is 1. The number of rotatable bonds is 5. The Bertz CT molecular complexity index is 593. The molecule has 3 nitrogen and oxygen atoms in total. The zero-order valence-electron chi connectivity index (χ0n) is 12.8. The SMILES string of the molecule is Cc1cccc(C(=O)NC(CN(C)C)c2ccccc2)c1. The number of hydrogen-bond acceptors (Lipinski definition) is 2. The fourth-order valence-corrected chi connectivity index (χ4v) is 2.31. The van der Waals surface area contributed by atoms with Gasteiger partial charge in [-0.2, -0.15) is 0 Å². The topological polar surface area (TPSA) is 32.3 Å². The van der Waals surface area contributed by atoms with Gasteiger partial charge in [0.25, 0.3) is 5.91 Å². The van der Waals surface area contributed by atoms with Crippen LogP contribution in [0.2, 0.25) is 0 Å². The molecule has 2 aromatic rings. The second-order valence-corrected chi connectivity index (χ2v) is 5.57. The molecule has 0 saturated heterocycles. The van der Waals surface area contributed by atoms with Gasteiger partial charge in [-0.3, -0.25) is 4.79 Å². The van der Waals surface area contributed by atoms with Gasteiger partial charge in [-0.05, 0) is 38.7 Å².